The van der Waals surface area contributed by atoms with Gasteiger partial charge in [0.05, 0.1) is 6.10 Å². The number of fused-ring (bicyclic) bond motifs is 3. The van der Waals surface area contributed by atoms with E-state index in [0.29, 0.717) is 30.3 Å². The van der Waals surface area contributed by atoms with Crippen molar-refractivity contribution in [1.82, 2.24) is 0 Å². The van der Waals surface area contributed by atoms with Gasteiger partial charge >= 0.3 is 5.97 Å². The van der Waals surface area contributed by atoms with Crippen LogP contribution in [0.4, 0.5) is 0 Å². The summed E-state index contributed by atoms with van der Waals surface area (Å²) < 4.78 is 10.7. The summed E-state index contributed by atoms with van der Waals surface area (Å²) in [7, 11) is 0. The van der Waals surface area contributed by atoms with Crippen molar-refractivity contribution in [1.29, 1.82) is 0 Å². The summed E-state index contributed by atoms with van der Waals surface area (Å²) in [6.45, 7) is 13.9. The highest BCUT2D eigenvalue weighted by molar-refractivity contribution is 5.69. The fraction of sp³-hybridized carbons (Fsp3) is 0.966. The molecule has 3 fully saturated rings. The number of esters is 1. The number of hydrogen-bond acceptors (Lipinski definition) is 4. The van der Waals surface area contributed by atoms with Crippen LogP contribution in [0.5, 0.6) is 0 Å². The van der Waals surface area contributed by atoms with Gasteiger partial charge in [-0.25, -0.2) is 0 Å². The largest absolute Gasteiger partial charge is 0.436 e. The predicted molar refractivity (Wildman–Crippen MR) is 134 cm³/mol. The Morgan fingerprint density at radius 1 is 1.06 bits per heavy atom. The quantitative estimate of drug-likeness (QED) is 0.265. The molecule has 3 aliphatic rings. The Hall–Kier alpha value is -0.610. The first-order valence-corrected chi connectivity index (χ1v) is 14.2. The van der Waals surface area contributed by atoms with Crippen LogP contribution in [0.25, 0.3) is 0 Å². The Kier molecular flexibility index (Phi) is 9.72. The van der Waals surface area contributed by atoms with E-state index in [1.54, 1.807) is 6.92 Å². The molecule has 4 heteroatoms. The van der Waals surface area contributed by atoms with Crippen LogP contribution < -0.4 is 0 Å². The third-order valence-corrected chi connectivity index (χ3v) is 10.2. The number of carbonyl (C=O) groups excluding carboxylic acids is 1. The molecule has 1 N–H and O–H groups in total. The normalized spacial score (nSPS) is 38.8. The van der Waals surface area contributed by atoms with Crippen molar-refractivity contribution in [3.8, 4) is 0 Å². The second kappa shape index (κ2) is 11.9. The fourth-order valence-corrected chi connectivity index (χ4v) is 8.57. The standard InChI is InChI=1S/C29H52O4/c1-7-9-23(30)18-22-11-12-25-24(20(22)4)16-17-29(6)26(13-14-27(25)29)19(3)10-15-28(31)33-21(5)32-8-2/h19-27,30H,7-18H2,1-6H3. The summed E-state index contributed by atoms with van der Waals surface area (Å²) in [5.41, 5.74) is 0.428. The third kappa shape index (κ3) is 6.15. The number of hydrogen-bond donors (Lipinski definition) is 1. The van der Waals surface area contributed by atoms with Gasteiger partial charge in [-0.3, -0.25) is 4.79 Å². The van der Waals surface area contributed by atoms with Gasteiger partial charge in [0.15, 0.2) is 6.29 Å². The minimum atomic E-state index is -0.443. The summed E-state index contributed by atoms with van der Waals surface area (Å²) in [5.74, 6) is 5.18. The van der Waals surface area contributed by atoms with Crippen molar-refractivity contribution >= 4 is 5.97 Å². The van der Waals surface area contributed by atoms with Gasteiger partial charge in [-0.05, 0) is 118 Å². The maximum atomic E-state index is 12.3. The second-order valence-corrected chi connectivity index (χ2v) is 12.1. The number of aliphatic hydroxyl groups is 1. The van der Waals surface area contributed by atoms with E-state index < -0.39 is 6.29 Å². The second-order valence-electron chi connectivity index (χ2n) is 12.1. The lowest BCUT2D eigenvalue weighted by Gasteiger charge is -2.55. The van der Waals surface area contributed by atoms with E-state index in [1.165, 1.54) is 38.5 Å². The van der Waals surface area contributed by atoms with Gasteiger partial charge < -0.3 is 14.6 Å². The van der Waals surface area contributed by atoms with Crippen LogP contribution >= 0.6 is 0 Å². The molecular weight excluding hydrogens is 412 g/mol. The van der Waals surface area contributed by atoms with Crippen LogP contribution in [0.2, 0.25) is 0 Å². The lowest BCUT2D eigenvalue weighted by atomic mass is 9.50. The van der Waals surface area contributed by atoms with Crippen LogP contribution in [0.15, 0.2) is 0 Å². The molecule has 0 amide bonds. The van der Waals surface area contributed by atoms with Crippen molar-refractivity contribution in [2.24, 2.45) is 46.8 Å². The highest BCUT2D eigenvalue weighted by Gasteiger charge is 2.56. The van der Waals surface area contributed by atoms with Gasteiger partial charge in [-0.1, -0.05) is 34.1 Å². The molecule has 0 spiro atoms. The molecule has 0 aromatic rings. The predicted octanol–water partition coefficient (Wildman–Crippen LogP) is 6.98. The lowest BCUT2D eigenvalue weighted by Crippen LogP contribution is -2.47. The number of carbonyl (C=O) groups is 1. The van der Waals surface area contributed by atoms with Gasteiger partial charge in [-0.15, -0.1) is 0 Å². The van der Waals surface area contributed by atoms with Crippen molar-refractivity contribution in [3.63, 3.8) is 0 Å². The van der Waals surface area contributed by atoms with Crippen LogP contribution in [-0.4, -0.2) is 30.1 Å². The number of rotatable bonds is 11. The molecule has 0 saturated heterocycles. The van der Waals surface area contributed by atoms with Gasteiger partial charge in [0.25, 0.3) is 0 Å². The highest BCUT2D eigenvalue weighted by Crippen LogP contribution is 2.64. The van der Waals surface area contributed by atoms with Gasteiger partial charge in [-0.2, -0.15) is 0 Å². The van der Waals surface area contributed by atoms with Gasteiger partial charge in [0.2, 0.25) is 0 Å². The molecule has 0 aromatic heterocycles. The Morgan fingerprint density at radius 3 is 2.52 bits per heavy atom. The summed E-state index contributed by atoms with van der Waals surface area (Å²) in [4.78, 5) is 12.3. The van der Waals surface area contributed by atoms with E-state index in [0.717, 1.165) is 55.3 Å². The van der Waals surface area contributed by atoms with E-state index in [4.69, 9.17) is 9.47 Å². The molecule has 10 atom stereocenters. The van der Waals surface area contributed by atoms with Crippen molar-refractivity contribution in [3.05, 3.63) is 0 Å². The first kappa shape index (κ1) is 27.0. The van der Waals surface area contributed by atoms with Crippen LogP contribution in [-0.2, 0) is 14.3 Å². The molecule has 0 aromatic carbocycles. The van der Waals surface area contributed by atoms with E-state index in [2.05, 4.69) is 27.7 Å². The summed E-state index contributed by atoms with van der Waals surface area (Å²) in [5, 5.41) is 10.4. The molecule has 3 aliphatic carbocycles. The topological polar surface area (TPSA) is 55.8 Å². The average molecular weight is 465 g/mol. The SMILES string of the molecule is CCCC(O)CC1CCC2C(CCC3(C)C(C(C)CCC(=O)OC(C)OCC)CCC23)C1C. The zero-order valence-corrected chi connectivity index (χ0v) is 22.4. The minimum Gasteiger partial charge on any atom is -0.436 e. The minimum absolute atomic E-state index is 0.104. The molecular formula is C29H52O4. The first-order valence-electron chi connectivity index (χ1n) is 14.2. The molecule has 33 heavy (non-hydrogen) atoms. The van der Waals surface area contributed by atoms with E-state index >= 15 is 0 Å². The smallest absolute Gasteiger partial charge is 0.308 e. The Labute approximate surface area is 203 Å². The zero-order chi connectivity index (χ0) is 24.2. The molecule has 3 rings (SSSR count). The average Bonchev–Trinajstić information content (AvgIpc) is 3.11. The number of aliphatic hydroxyl groups excluding tert-OH is 1. The molecule has 0 heterocycles. The molecule has 10 unspecified atom stereocenters. The fourth-order valence-electron chi connectivity index (χ4n) is 8.57. The molecule has 0 aliphatic heterocycles. The van der Waals surface area contributed by atoms with E-state index in [-0.39, 0.29) is 12.1 Å². The maximum absolute atomic E-state index is 12.3. The van der Waals surface area contributed by atoms with Crippen LogP contribution in [0, 0.1) is 46.8 Å². The zero-order valence-electron chi connectivity index (χ0n) is 22.4. The highest BCUT2D eigenvalue weighted by atomic mass is 16.7. The molecule has 192 valence electrons. The van der Waals surface area contributed by atoms with Crippen LogP contribution in [0.3, 0.4) is 0 Å². The third-order valence-electron chi connectivity index (χ3n) is 10.2. The Balaban J connectivity index is 1.56. The van der Waals surface area contributed by atoms with Crippen molar-refractivity contribution in [2.75, 3.05) is 6.61 Å². The molecule has 3 saturated carbocycles. The first-order chi connectivity index (χ1) is 15.7. The van der Waals surface area contributed by atoms with Crippen LogP contribution in [0.1, 0.15) is 112 Å². The van der Waals surface area contributed by atoms with Gasteiger partial charge in [0.1, 0.15) is 0 Å². The summed E-state index contributed by atoms with van der Waals surface area (Å²) >= 11 is 0. The summed E-state index contributed by atoms with van der Waals surface area (Å²) in [6.07, 6.45) is 12.0. The number of ether oxygens (including phenoxy) is 2. The molecule has 4 nitrogen and oxygen atoms in total. The van der Waals surface area contributed by atoms with Gasteiger partial charge in [0, 0.05) is 13.0 Å². The maximum Gasteiger partial charge on any atom is 0.308 e. The van der Waals surface area contributed by atoms with E-state index in [9.17, 15) is 9.90 Å². The van der Waals surface area contributed by atoms with Crippen molar-refractivity contribution < 1.29 is 19.4 Å². The summed E-state index contributed by atoms with van der Waals surface area (Å²) in [6, 6.07) is 0. The molecule has 0 radical (unpaired) electrons. The Bertz CT molecular complexity index is 621. The van der Waals surface area contributed by atoms with E-state index in [1.807, 2.05) is 6.92 Å². The Morgan fingerprint density at radius 2 is 1.82 bits per heavy atom. The van der Waals surface area contributed by atoms with Crippen molar-refractivity contribution in [2.45, 2.75) is 125 Å². The molecule has 0 bridgehead atoms. The monoisotopic (exact) mass is 464 g/mol. The lowest BCUT2D eigenvalue weighted by molar-refractivity contribution is -0.174.